The fourth-order valence-corrected chi connectivity index (χ4v) is 1.97. The summed E-state index contributed by atoms with van der Waals surface area (Å²) in [5, 5.41) is 9.82. The van der Waals surface area contributed by atoms with Gasteiger partial charge >= 0.3 is 6.18 Å². The molecule has 0 spiro atoms. The average Bonchev–Trinajstić information content (AvgIpc) is 2.27. The van der Waals surface area contributed by atoms with Gasteiger partial charge in [-0.05, 0) is 36.5 Å². The van der Waals surface area contributed by atoms with Crippen LogP contribution in [-0.4, -0.2) is 11.2 Å². The van der Waals surface area contributed by atoms with Crippen molar-refractivity contribution in [3.05, 3.63) is 35.4 Å². The third-order valence-corrected chi connectivity index (χ3v) is 3.07. The van der Waals surface area contributed by atoms with Crippen LogP contribution in [0.2, 0.25) is 0 Å². The minimum atomic E-state index is -4.30. The van der Waals surface area contributed by atoms with Gasteiger partial charge in [-0.3, -0.25) is 0 Å². The lowest BCUT2D eigenvalue weighted by Crippen LogP contribution is -2.11. The van der Waals surface area contributed by atoms with Crippen LogP contribution in [-0.2, 0) is 12.6 Å². The lowest BCUT2D eigenvalue weighted by Gasteiger charge is -2.12. The Morgan fingerprint density at radius 3 is 2.11 bits per heavy atom. The number of halogens is 3. The molecular weight excluding hydrogens is 253 g/mol. The second kappa shape index (κ2) is 6.94. The van der Waals surface area contributed by atoms with Gasteiger partial charge < -0.3 is 5.11 Å². The number of aliphatic hydroxyl groups excluding tert-OH is 1. The molecule has 0 heterocycles. The van der Waals surface area contributed by atoms with E-state index in [1.807, 2.05) is 0 Å². The van der Waals surface area contributed by atoms with Gasteiger partial charge in [-0.25, -0.2) is 0 Å². The molecule has 1 unspecified atom stereocenters. The van der Waals surface area contributed by atoms with Gasteiger partial charge in [-0.15, -0.1) is 0 Å². The minimum Gasteiger partial charge on any atom is -0.393 e. The molecule has 1 rings (SSSR count). The molecule has 0 aliphatic heterocycles. The second-order valence-corrected chi connectivity index (χ2v) is 5.38. The highest BCUT2D eigenvalue weighted by Gasteiger charge is 2.29. The number of rotatable bonds is 6. The number of aliphatic hydroxyl groups is 1. The molecule has 0 aliphatic rings. The monoisotopic (exact) mass is 274 g/mol. The number of alkyl halides is 3. The highest BCUT2D eigenvalue weighted by atomic mass is 19.4. The molecule has 108 valence electrons. The van der Waals surface area contributed by atoms with Crippen molar-refractivity contribution in [3.8, 4) is 0 Å². The smallest absolute Gasteiger partial charge is 0.393 e. The summed E-state index contributed by atoms with van der Waals surface area (Å²) < 4.78 is 37.1. The van der Waals surface area contributed by atoms with Crippen molar-refractivity contribution < 1.29 is 18.3 Å². The van der Waals surface area contributed by atoms with E-state index in [0.717, 1.165) is 30.5 Å². The molecule has 0 bridgehead atoms. The fourth-order valence-electron chi connectivity index (χ4n) is 1.97. The minimum absolute atomic E-state index is 0.413. The van der Waals surface area contributed by atoms with Crippen molar-refractivity contribution in [3.63, 3.8) is 0 Å². The van der Waals surface area contributed by atoms with Gasteiger partial charge in [0.25, 0.3) is 0 Å². The molecule has 4 heteroatoms. The van der Waals surface area contributed by atoms with E-state index in [1.54, 1.807) is 0 Å². The standard InChI is InChI=1S/C15H21F3O/c1-11(2)4-3-5-14(19)10-12-6-8-13(9-7-12)15(16,17)18/h6-9,11,14,19H,3-5,10H2,1-2H3. The first-order chi connectivity index (χ1) is 8.79. The van der Waals surface area contributed by atoms with Crippen molar-refractivity contribution in [2.24, 2.45) is 5.92 Å². The molecule has 1 aromatic carbocycles. The van der Waals surface area contributed by atoms with Crippen molar-refractivity contribution in [1.29, 1.82) is 0 Å². The molecule has 0 radical (unpaired) electrons. The molecule has 0 amide bonds. The molecule has 19 heavy (non-hydrogen) atoms. The van der Waals surface area contributed by atoms with Gasteiger partial charge in [0, 0.05) is 0 Å². The van der Waals surface area contributed by atoms with Crippen LogP contribution in [0.15, 0.2) is 24.3 Å². The molecular formula is C15H21F3O. The number of hydrogen-bond donors (Lipinski definition) is 1. The first-order valence-electron chi connectivity index (χ1n) is 6.63. The molecule has 0 aliphatic carbocycles. The average molecular weight is 274 g/mol. The summed E-state index contributed by atoms with van der Waals surface area (Å²) in [7, 11) is 0. The Bertz CT molecular complexity index is 368. The van der Waals surface area contributed by atoms with E-state index in [0.29, 0.717) is 18.8 Å². The summed E-state index contributed by atoms with van der Waals surface area (Å²) in [5.41, 5.74) is 0.0931. The summed E-state index contributed by atoms with van der Waals surface area (Å²) in [6, 6.07) is 5.01. The Labute approximate surface area is 112 Å². The van der Waals surface area contributed by atoms with E-state index < -0.39 is 17.8 Å². The molecule has 1 nitrogen and oxygen atoms in total. The van der Waals surface area contributed by atoms with Crippen molar-refractivity contribution in [2.75, 3.05) is 0 Å². The summed E-state index contributed by atoms with van der Waals surface area (Å²) in [4.78, 5) is 0. The Balaban J connectivity index is 2.44. The van der Waals surface area contributed by atoms with Gasteiger partial charge in [0.05, 0.1) is 11.7 Å². The Kier molecular flexibility index (Phi) is 5.85. The Hall–Kier alpha value is -1.03. The van der Waals surface area contributed by atoms with Crippen LogP contribution in [0.3, 0.4) is 0 Å². The summed E-state index contributed by atoms with van der Waals surface area (Å²) in [5.74, 6) is 0.610. The zero-order valence-corrected chi connectivity index (χ0v) is 11.4. The van der Waals surface area contributed by atoms with Gasteiger partial charge in [0.15, 0.2) is 0 Å². The van der Waals surface area contributed by atoms with E-state index in [4.69, 9.17) is 0 Å². The molecule has 1 aromatic rings. The van der Waals surface area contributed by atoms with E-state index >= 15 is 0 Å². The van der Waals surface area contributed by atoms with Gasteiger partial charge in [0.1, 0.15) is 0 Å². The highest BCUT2D eigenvalue weighted by molar-refractivity contribution is 5.25. The predicted octanol–water partition coefficient (Wildman–Crippen LogP) is 4.44. The van der Waals surface area contributed by atoms with Gasteiger partial charge in [-0.1, -0.05) is 38.8 Å². The van der Waals surface area contributed by atoms with Crippen LogP contribution in [0.1, 0.15) is 44.2 Å². The van der Waals surface area contributed by atoms with Crippen LogP contribution in [0.25, 0.3) is 0 Å². The summed E-state index contributed by atoms with van der Waals surface area (Å²) >= 11 is 0. The number of benzene rings is 1. The fraction of sp³-hybridized carbons (Fsp3) is 0.600. The Morgan fingerprint density at radius 2 is 1.63 bits per heavy atom. The Morgan fingerprint density at radius 1 is 1.05 bits per heavy atom. The lowest BCUT2D eigenvalue weighted by molar-refractivity contribution is -0.137. The quantitative estimate of drug-likeness (QED) is 0.813. The topological polar surface area (TPSA) is 20.2 Å². The molecule has 1 atom stereocenters. The van der Waals surface area contributed by atoms with Crippen LogP contribution in [0, 0.1) is 5.92 Å². The maximum absolute atomic E-state index is 12.4. The summed E-state index contributed by atoms with van der Waals surface area (Å²) in [6.45, 7) is 4.25. The third kappa shape index (κ3) is 6.10. The maximum Gasteiger partial charge on any atom is 0.416 e. The third-order valence-electron chi connectivity index (χ3n) is 3.07. The summed E-state index contributed by atoms with van der Waals surface area (Å²) in [6.07, 6.45) is -1.66. The van der Waals surface area contributed by atoms with E-state index in [-0.39, 0.29) is 0 Å². The maximum atomic E-state index is 12.4. The number of hydrogen-bond acceptors (Lipinski definition) is 1. The van der Waals surface area contributed by atoms with Gasteiger partial charge in [0.2, 0.25) is 0 Å². The van der Waals surface area contributed by atoms with E-state index in [9.17, 15) is 18.3 Å². The van der Waals surface area contributed by atoms with Crippen LogP contribution in [0.4, 0.5) is 13.2 Å². The highest BCUT2D eigenvalue weighted by Crippen LogP contribution is 2.29. The SMILES string of the molecule is CC(C)CCCC(O)Cc1ccc(C(F)(F)F)cc1. The zero-order valence-electron chi connectivity index (χ0n) is 11.4. The molecule has 0 saturated heterocycles. The van der Waals surface area contributed by atoms with Crippen LogP contribution < -0.4 is 0 Å². The van der Waals surface area contributed by atoms with E-state index in [2.05, 4.69) is 13.8 Å². The van der Waals surface area contributed by atoms with Crippen LogP contribution >= 0.6 is 0 Å². The second-order valence-electron chi connectivity index (χ2n) is 5.38. The normalized spacial score (nSPS) is 13.8. The lowest BCUT2D eigenvalue weighted by atomic mass is 9.99. The van der Waals surface area contributed by atoms with Gasteiger partial charge in [-0.2, -0.15) is 13.2 Å². The molecule has 1 N–H and O–H groups in total. The first kappa shape index (κ1) is 16.0. The van der Waals surface area contributed by atoms with Crippen molar-refractivity contribution >= 4 is 0 Å². The van der Waals surface area contributed by atoms with E-state index in [1.165, 1.54) is 12.1 Å². The predicted molar refractivity (Wildman–Crippen MR) is 69.8 cm³/mol. The molecule has 0 aromatic heterocycles. The molecule has 0 fully saturated rings. The van der Waals surface area contributed by atoms with Crippen molar-refractivity contribution in [2.45, 2.75) is 51.8 Å². The van der Waals surface area contributed by atoms with Crippen LogP contribution in [0.5, 0.6) is 0 Å². The largest absolute Gasteiger partial charge is 0.416 e. The first-order valence-corrected chi connectivity index (χ1v) is 6.63. The molecule has 0 saturated carbocycles. The van der Waals surface area contributed by atoms with Crippen molar-refractivity contribution in [1.82, 2.24) is 0 Å². The zero-order chi connectivity index (χ0) is 14.5.